The molecule has 0 aliphatic rings. The van der Waals surface area contributed by atoms with Crippen molar-refractivity contribution in [3.8, 4) is 0 Å². The third-order valence-electron chi connectivity index (χ3n) is 3.18. The van der Waals surface area contributed by atoms with Crippen LogP contribution in [-0.4, -0.2) is 7.05 Å². The fourth-order valence-corrected chi connectivity index (χ4v) is 1.93. The predicted molar refractivity (Wildman–Crippen MR) is 84.6 cm³/mol. The van der Waals surface area contributed by atoms with Crippen LogP contribution in [0.15, 0.2) is 42.5 Å². The molecule has 2 heteroatoms. The average molecular weight is 252 g/mol. The Bertz CT molecular complexity index is 649. The number of hydrogen-bond donors (Lipinski definition) is 2. The highest BCUT2D eigenvalue weighted by Crippen LogP contribution is 2.19. The molecule has 98 valence electrons. The summed E-state index contributed by atoms with van der Waals surface area (Å²) in [7, 11) is 1.93. The van der Waals surface area contributed by atoms with Crippen molar-refractivity contribution in [3.05, 3.63) is 58.5 Å². The monoisotopic (exact) mass is 252 g/mol. The predicted octanol–water partition coefficient (Wildman–Crippen LogP) is 2.69. The second-order valence-electron chi connectivity index (χ2n) is 4.52. The minimum absolute atomic E-state index is 1.13. The highest BCUT2D eigenvalue weighted by molar-refractivity contribution is 5.63. The first kappa shape index (κ1) is 13.2. The van der Waals surface area contributed by atoms with Gasteiger partial charge in [-0.1, -0.05) is 30.3 Å². The zero-order valence-corrected chi connectivity index (χ0v) is 11.7. The molecule has 0 fully saturated rings. The highest BCUT2D eigenvalue weighted by Gasteiger charge is 1.96. The van der Waals surface area contributed by atoms with E-state index in [9.17, 15) is 0 Å². The molecule has 2 aromatic rings. The molecule has 0 heterocycles. The Kier molecular flexibility index (Phi) is 4.24. The van der Waals surface area contributed by atoms with Crippen LogP contribution in [-0.2, 0) is 0 Å². The Labute approximate surface area is 114 Å². The van der Waals surface area contributed by atoms with Crippen molar-refractivity contribution < 1.29 is 0 Å². The number of benzene rings is 2. The van der Waals surface area contributed by atoms with Crippen LogP contribution in [0.4, 0.5) is 11.4 Å². The number of hydrogen-bond acceptors (Lipinski definition) is 2. The minimum Gasteiger partial charge on any atom is -0.388 e. The molecule has 0 aliphatic carbocycles. The smallest absolute Gasteiger partial charge is 0.0411 e. The van der Waals surface area contributed by atoms with E-state index in [1.165, 1.54) is 16.0 Å². The van der Waals surface area contributed by atoms with Gasteiger partial charge in [0.05, 0.1) is 0 Å². The van der Waals surface area contributed by atoms with Crippen molar-refractivity contribution >= 4 is 23.7 Å². The molecular weight excluding hydrogens is 232 g/mol. The Hall–Kier alpha value is -2.22. The molecule has 0 aliphatic heterocycles. The van der Waals surface area contributed by atoms with E-state index in [-0.39, 0.29) is 0 Å². The maximum absolute atomic E-state index is 3.36. The number of rotatable bonds is 3. The van der Waals surface area contributed by atoms with Gasteiger partial charge in [-0.25, -0.2) is 0 Å². The molecule has 2 rings (SSSR count). The SMILES string of the molecule is CC=c1ccc(=CNc2ccc(NC)cc2C)cc1. The van der Waals surface area contributed by atoms with Gasteiger partial charge in [0.2, 0.25) is 0 Å². The standard InChI is InChI=1S/C17H20N2/c1-4-14-5-7-15(8-6-14)12-19-17-10-9-16(18-3)11-13(17)2/h4-12,18-19H,1-3H3. The van der Waals surface area contributed by atoms with E-state index in [1.807, 2.05) is 20.2 Å². The lowest BCUT2D eigenvalue weighted by Crippen LogP contribution is -2.08. The summed E-state index contributed by atoms with van der Waals surface area (Å²) in [6, 6.07) is 14.7. The fourth-order valence-electron chi connectivity index (χ4n) is 1.93. The van der Waals surface area contributed by atoms with E-state index in [1.54, 1.807) is 0 Å². The maximum Gasteiger partial charge on any atom is 0.0411 e. The summed E-state index contributed by atoms with van der Waals surface area (Å²) in [4.78, 5) is 0. The zero-order chi connectivity index (χ0) is 13.7. The van der Waals surface area contributed by atoms with Crippen molar-refractivity contribution in [2.45, 2.75) is 13.8 Å². The van der Waals surface area contributed by atoms with Crippen molar-refractivity contribution in [1.29, 1.82) is 0 Å². The van der Waals surface area contributed by atoms with Crippen molar-refractivity contribution in [1.82, 2.24) is 0 Å². The summed E-state index contributed by atoms with van der Waals surface area (Å²) in [6.07, 6.45) is 4.12. The van der Waals surface area contributed by atoms with E-state index in [2.05, 4.69) is 66.1 Å². The first-order chi connectivity index (χ1) is 9.22. The molecule has 0 spiro atoms. The molecule has 2 nitrogen and oxygen atoms in total. The van der Waals surface area contributed by atoms with Gasteiger partial charge in [-0.05, 0) is 48.0 Å². The minimum atomic E-state index is 1.13. The molecule has 0 aromatic heterocycles. The number of aryl methyl sites for hydroxylation is 1. The van der Waals surface area contributed by atoms with Crippen LogP contribution in [0, 0.1) is 6.92 Å². The van der Waals surface area contributed by atoms with Crippen LogP contribution in [0.1, 0.15) is 12.5 Å². The van der Waals surface area contributed by atoms with Crippen LogP contribution >= 0.6 is 0 Å². The molecule has 0 saturated heterocycles. The molecule has 0 atom stereocenters. The largest absolute Gasteiger partial charge is 0.388 e. The van der Waals surface area contributed by atoms with Gasteiger partial charge in [0.15, 0.2) is 0 Å². The fraction of sp³-hybridized carbons (Fsp3) is 0.176. The summed E-state index contributed by atoms with van der Waals surface area (Å²) >= 11 is 0. The van der Waals surface area contributed by atoms with E-state index in [4.69, 9.17) is 0 Å². The summed E-state index contributed by atoms with van der Waals surface area (Å²) in [6.45, 7) is 4.15. The van der Waals surface area contributed by atoms with Crippen LogP contribution in [0.5, 0.6) is 0 Å². The Morgan fingerprint density at radius 1 is 0.947 bits per heavy atom. The second kappa shape index (κ2) is 6.10. The summed E-state index contributed by atoms with van der Waals surface area (Å²) in [5.41, 5.74) is 3.48. The molecule has 0 saturated carbocycles. The number of nitrogens with one attached hydrogen (secondary N) is 2. The van der Waals surface area contributed by atoms with Crippen LogP contribution in [0.2, 0.25) is 0 Å². The van der Waals surface area contributed by atoms with E-state index >= 15 is 0 Å². The molecular formula is C17H20N2. The van der Waals surface area contributed by atoms with E-state index in [0.29, 0.717) is 0 Å². The van der Waals surface area contributed by atoms with Gasteiger partial charge in [-0.2, -0.15) is 0 Å². The summed E-state index contributed by atoms with van der Waals surface area (Å²) in [5.74, 6) is 0. The van der Waals surface area contributed by atoms with Gasteiger partial charge in [0.25, 0.3) is 0 Å². The quantitative estimate of drug-likeness (QED) is 0.877. The van der Waals surface area contributed by atoms with Gasteiger partial charge >= 0.3 is 0 Å². The lowest BCUT2D eigenvalue weighted by atomic mass is 10.2. The van der Waals surface area contributed by atoms with Gasteiger partial charge in [0, 0.05) is 24.6 Å². The van der Waals surface area contributed by atoms with Crippen LogP contribution in [0.3, 0.4) is 0 Å². The lowest BCUT2D eigenvalue weighted by Gasteiger charge is -2.07. The molecule has 2 aromatic carbocycles. The van der Waals surface area contributed by atoms with Crippen molar-refractivity contribution in [3.63, 3.8) is 0 Å². The first-order valence-corrected chi connectivity index (χ1v) is 6.50. The molecule has 0 unspecified atom stereocenters. The van der Waals surface area contributed by atoms with Crippen LogP contribution in [0.25, 0.3) is 12.3 Å². The molecule has 0 bridgehead atoms. The summed E-state index contributed by atoms with van der Waals surface area (Å²) in [5, 5.41) is 8.91. The second-order valence-corrected chi connectivity index (χ2v) is 4.52. The average Bonchev–Trinajstić information content (AvgIpc) is 2.46. The molecule has 19 heavy (non-hydrogen) atoms. The normalized spacial score (nSPS) is 9.84. The number of anilines is 2. The highest BCUT2D eigenvalue weighted by atomic mass is 14.9. The molecule has 2 N–H and O–H groups in total. The van der Waals surface area contributed by atoms with Crippen LogP contribution < -0.4 is 21.1 Å². The summed E-state index contributed by atoms with van der Waals surface area (Å²) < 4.78 is 0. The van der Waals surface area contributed by atoms with Crippen molar-refractivity contribution in [2.24, 2.45) is 0 Å². The molecule has 0 radical (unpaired) electrons. The lowest BCUT2D eigenvalue weighted by molar-refractivity contribution is 1.42. The van der Waals surface area contributed by atoms with E-state index in [0.717, 1.165) is 11.4 Å². The molecule has 0 amide bonds. The Morgan fingerprint density at radius 2 is 1.63 bits per heavy atom. The van der Waals surface area contributed by atoms with Gasteiger partial charge in [-0.3, -0.25) is 0 Å². The maximum atomic E-state index is 3.36. The Balaban J connectivity index is 2.21. The third-order valence-corrected chi connectivity index (χ3v) is 3.18. The first-order valence-electron chi connectivity index (χ1n) is 6.50. The van der Waals surface area contributed by atoms with Crippen molar-refractivity contribution in [2.75, 3.05) is 17.7 Å². The topological polar surface area (TPSA) is 24.1 Å². The van der Waals surface area contributed by atoms with E-state index < -0.39 is 0 Å². The van der Waals surface area contributed by atoms with Gasteiger partial charge < -0.3 is 10.6 Å². The van der Waals surface area contributed by atoms with Gasteiger partial charge in [-0.15, -0.1) is 0 Å². The zero-order valence-electron chi connectivity index (χ0n) is 11.7. The third kappa shape index (κ3) is 3.38. The van der Waals surface area contributed by atoms with Gasteiger partial charge in [0.1, 0.15) is 0 Å². The Morgan fingerprint density at radius 3 is 2.21 bits per heavy atom.